The molecule has 10 heteroatoms. The highest BCUT2D eigenvalue weighted by atomic mass is 19.3. The first-order chi connectivity index (χ1) is 19.8. The lowest BCUT2D eigenvalue weighted by Crippen LogP contribution is -2.70. The van der Waals surface area contributed by atoms with Crippen LogP contribution in [-0.2, 0) is 48.4 Å². The summed E-state index contributed by atoms with van der Waals surface area (Å²) in [5.74, 6) is -7.39. The van der Waals surface area contributed by atoms with Gasteiger partial charge in [-0.25, -0.2) is 4.79 Å². The number of amides is 1. The molecule has 0 aliphatic carbocycles. The Balaban J connectivity index is 1.67. The largest absolute Gasteiger partial charge is 0.477 e. The van der Waals surface area contributed by atoms with Crippen LogP contribution in [0.2, 0.25) is 0 Å². The summed E-state index contributed by atoms with van der Waals surface area (Å²) in [5, 5.41) is 11.9. The fourth-order valence-corrected chi connectivity index (χ4v) is 4.70. The summed E-state index contributed by atoms with van der Waals surface area (Å²) < 4.78 is 54.4. The van der Waals surface area contributed by atoms with E-state index in [1.807, 2.05) is 66.7 Å². The van der Waals surface area contributed by atoms with Crippen molar-refractivity contribution in [1.82, 2.24) is 5.32 Å². The number of carboxylic acid groups (broad SMARTS) is 1. The highest BCUT2D eigenvalue weighted by Crippen LogP contribution is 2.36. The Bertz CT molecular complexity index is 1250. The van der Waals surface area contributed by atoms with Crippen molar-refractivity contribution in [1.29, 1.82) is 0 Å². The van der Waals surface area contributed by atoms with Crippen molar-refractivity contribution in [3.05, 3.63) is 108 Å². The SMILES string of the molecule is CC(=O)NC1C(OCc2ccccc2)C(OCc2ccccc2)C(COCc2ccccc2)OC1C(F)(F)C(=O)O. The summed E-state index contributed by atoms with van der Waals surface area (Å²) in [4.78, 5) is 23.9. The number of carbonyl (C=O) groups excluding carboxylic acids is 1. The molecule has 3 aromatic rings. The Hall–Kier alpha value is -3.70. The van der Waals surface area contributed by atoms with Gasteiger partial charge in [0.1, 0.15) is 18.3 Å². The van der Waals surface area contributed by atoms with Crippen LogP contribution >= 0.6 is 0 Å². The lowest BCUT2D eigenvalue weighted by atomic mass is 9.88. The van der Waals surface area contributed by atoms with Gasteiger partial charge in [-0.2, -0.15) is 8.78 Å². The second kappa shape index (κ2) is 14.3. The number of hydrogen-bond acceptors (Lipinski definition) is 6. The van der Waals surface area contributed by atoms with E-state index in [0.717, 1.165) is 23.6 Å². The number of benzene rings is 3. The van der Waals surface area contributed by atoms with E-state index in [0.29, 0.717) is 0 Å². The Morgan fingerprint density at radius 2 is 1.27 bits per heavy atom. The summed E-state index contributed by atoms with van der Waals surface area (Å²) in [6, 6.07) is 26.0. The van der Waals surface area contributed by atoms with E-state index in [-0.39, 0.29) is 26.4 Å². The zero-order chi connectivity index (χ0) is 29.2. The van der Waals surface area contributed by atoms with Crippen LogP contribution in [0.15, 0.2) is 91.0 Å². The molecule has 5 unspecified atom stereocenters. The molecule has 1 saturated heterocycles. The minimum Gasteiger partial charge on any atom is -0.477 e. The van der Waals surface area contributed by atoms with Gasteiger partial charge in [0.15, 0.2) is 6.10 Å². The number of carboxylic acids is 1. The number of carbonyl (C=O) groups is 2. The third-order valence-electron chi connectivity index (χ3n) is 6.67. The van der Waals surface area contributed by atoms with E-state index in [9.17, 15) is 14.7 Å². The maximum absolute atomic E-state index is 15.2. The second-order valence-electron chi connectivity index (χ2n) is 9.77. The zero-order valence-electron chi connectivity index (χ0n) is 22.5. The van der Waals surface area contributed by atoms with Gasteiger partial charge >= 0.3 is 11.9 Å². The number of ether oxygens (including phenoxy) is 4. The molecule has 0 aromatic heterocycles. The van der Waals surface area contributed by atoms with Crippen LogP contribution in [0.5, 0.6) is 0 Å². The van der Waals surface area contributed by atoms with Gasteiger partial charge in [-0.3, -0.25) is 4.79 Å². The molecule has 41 heavy (non-hydrogen) atoms. The molecule has 1 aliphatic heterocycles. The number of nitrogens with one attached hydrogen (secondary N) is 1. The third kappa shape index (κ3) is 8.17. The fourth-order valence-electron chi connectivity index (χ4n) is 4.70. The Morgan fingerprint density at radius 1 is 0.805 bits per heavy atom. The van der Waals surface area contributed by atoms with Crippen LogP contribution in [-0.4, -0.2) is 60.0 Å². The Kier molecular flexibility index (Phi) is 10.5. The molecule has 0 spiro atoms. The smallest absolute Gasteiger partial charge is 0.377 e. The lowest BCUT2D eigenvalue weighted by Gasteiger charge is -2.47. The van der Waals surface area contributed by atoms with Crippen molar-refractivity contribution in [2.75, 3.05) is 6.61 Å². The second-order valence-corrected chi connectivity index (χ2v) is 9.77. The molecule has 1 heterocycles. The number of rotatable bonds is 13. The molecular formula is C31H33F2NO7. The summed E-state index contributed by atoms with van der Waals surface area (Å²) >= 11 is 0. The van der Waals surface area contributed by atoms with Gasteiger partial charge < -0.3 is 29.4 Å². The predicted octanol–water partition coefficient (Wildman–Crippen LogP) is 4.37. The van der Waals surface area contributed by atoms with Crippen molar-refractivity contribution < 1.29 is 42.4 Å². The lowest BCUT2D eigenvalue weighted by molar-refractivity contribution is -0.272. The molecule has 4 rings (SSSR count). The molecule has 5 atom stereocenters. The van der Waals surface area contributed by atoms with Crippen molar-refractivity contribution in [3.63, 3.8) is 0 Å². The molecule has 1 amide bonds. The minimum atomic E-state index is -4.36. The van der Waals surface area contributed by atoms with Crippen LogP contribution in [0.4, 0.5) is 8.78 Å². The standard InChI is InChI=1S/C31H33F2NO7/c1-21(35)34-26-28(40-19-24-15-9-4-10-16-24)27(39-18-23-13-7-3-8-14-23)25(41-29(26)31(32,33)30(36)37)20-38-17-22-11-5-2-6-12-22/h2-16,25-29H,17-20H2,1H3,(H,34,35)(H,36,37). The molecule has 8 nitrogen and oxygen atoms in total. The van der Waals surface area contributed by atoms with Crippen LogP contribution < -0.4 is 5.32 Å². The van der Waals surface area contributed by atoms with Gasteiger partial charge in [0, 0.05) is 6.92 Å². The average molecular weight is 570 g/mol. The van der Waals surface area contributed by atoms with E-state index in [4.69, 9.17) is 18.9 Å². The zero-order valence-corrected chi connectivity index (χ0v) is 22.5. The maximum Gasteiger partial charge on any atom is 0.377 e. The number of hydrogen-bond donors (Lipinski definition) is 2. The normalized spacial score (nSPS) is 22.7. The molecule has 0 bridgehead atoms. The molecule has 2 N–H and O–H groups in total. The molecule has 1 fully saturated rings. The van der Waals surface area contributed by atoms with E-state index in [1.165, 1.54) is 0 Å². The minimum absolute atomic E-state index is 0.00422. The predicted molar refractivity (Wildman–Crippen MR) is 145 cm³/mol. The molecular weight excluding hydrogens is 536 g/mol. The van der Waals surface area contributed by atoms with Gasteiger partial charge in [0.25, 0.3) is 0 Å². The van der Waals surface area contributed by atoms with Crippen LogP contribution in [0.1, 0.15) is 23.6 Å². The fraction of sp³-hybridized carbons (Fsp3) is 0.355. The molecule has 0 radical (unpaired) electrons. The summed E-state index contributed by atoms with van der Waals surface area (Å²) in [5.41, 5.74) is 2.42. The van der Waals surface area contributed by atoms with Crippen LogP contribution in [0.3, 0.4) is 0 Å². The topological polar surface area (TPSA) is 103 Å². The Labute approximate surface area is 237 Å². The van der Waals surface area contributed by atoms with Gasteiger partial charge in [0.2, 0.25) is 5.91 Å². The van der Waals surface area contributed by atoms with Crippen LogP contribution in [0.25, 0.3) is 0 Å². The molecule has 218 valence electrons. The highest BCUT2D eigenvalue weighted by Gasteiger charge is 2.60. The number of halogens is 2. The van der Waals surface area contributed by atoms with E-state index >= 15 is 8.78 Å². The van der Waals surface area contributed by atoms with Gasteiger partial charge in [0.05, 0.1) is 32.5 Å². The van der Waals surface area contributed by atoms with E-state index in [1.54, 1.807) is 24.3 Å². The van der Waals surface area contributed by atoms with Crippen molar-refractivity contribution >= 4 is 11.9 Å². The number of alkyl halides is 2. The van der Waals surface area contributed by atoms with Gasteiger partial charge in [-0.05, 0) is 16.7 Å². The van der Waals surface area contributed by atoms with E-state index < -0.39 is 48.3 Å². The van der Waals surface area contributed by atoms with E-state index in [2.05, 4.69) is 5.32 Å². The number of aliphatic carboxylic acids is 1. The summed E-state index contributed by atoms with van der Waals surface area (Å²) in [7, 11) is 0. The quantitative estimate of drug-likeness (QED) is 0.315. The average Bonchev–Trinajstić information content (AvgIpc) is 2.97. The first kappa shape index (κ1) is 30.3. The van der Waals surface area contributed by atoms with Gasteiger partial charge in [-0.1, -0.05) is 91.0 Å². The molecule has 1 aliphatic rings. The monoisotopic (exact) mass is 569 g/mol. The molecule has 0 saturated carbocycles. The molecule has 3 aromatic carbocycles. The van der Waals surface area contributed by atoms with Gasteiger partial charge in [-0.15, -0.1) is 0 Å². The highest BCUT2D eigenvalue weighted by molar-refractivity contribution is 5.77. The summed E-state index contributed by atoms with van der Waals surface area (Å²) in [6.45, 7) is 1.20. The first-order valence-electron chi connectivity index (χ1n) is 13.2. The van der Waals surface area contributed by atoms with Crippen molar-refractivity contribution in [2.45, 2.75) is 63.1 Å². The van der Waals surface area contributed by atoms with Crippen molar-refractivity contribution in [2.24, 2.45) is 0 Å². The third-order valence-corrected chi connectivity index (χ3v) is 6.67. The summed E-state index contributed by atoms with van der Waals surface area (Å²) in [6.07, 6.45) is -5.63. The maximum atomic E-state index is 15.2. The Morgan fingerprint density at radius 3 is 1.73 bits per heavy atom. The first-order valence-corrected chi connectivity index (χ1v) is 13.2. The van der Waals surface area contributed by atoms with Crippen molar-refractivity contribution in [3.8, 4) is 0 Å². The van der Waals surface area contributed by atoms with Crippen LogP contribution in [0, 0.1) is 0 Å².